The Kier molecular flexibility index (Phi) is 3.68. The number of hydrogen-bond acceptors (Lipinski definition) is 5. The predicted molar refractivity (Wildman–Crippen MR) is 93.5 cm³/mol. The molecular formula is C17H13N3OS2. The summed E-state index contributed by atoms with van der Waals surface area (Å²) in [7, 11) is 0. The standard InChI is InChI=1S/C17H13N3OS2/c18-8-9-22-17-19-15-14(13(10-23-15)11-6-7-11)16(21)20(17)12-4-2-1-3-5-12/h1-5,10-11H,6-7,9H2. The molecular weight excluding hydrogens is 326 g/mol. The first kappa shape index (κ1) is 14.5. The quantitative estimate of drug-likeness (QED) is 0.533. The fourth-order valence-corrected chi connectivity index (χ4v) is 4.42. The second-order valence-electron chi connectivity index (χ2n) is 5.46. The zero-order valence-electron chi connectivity index (χ0n) is 12.2. The third-order valence-electron chi connectivity index (χ3n) is 3.90. The summed E-state index contributed by atoms with van der Waals surface area (Å²) in [4.78, 5) is 18.6. The van der Waals surface area contributed by atoms with Gasteiger partial charge in [-0.2, -0.15) is 5.26 Å². The van der Waals surface area contributed by atoms with Gasteiger partial charge in [0.05, 0.1) is 22.9 Å². The number of nitriles is 1. The summed E-state index contributed by atoms with van der Waals surface area (Å²) in [6.45, 7) is 0. The van der Waals surface area contributed by atoms with Crippen LogP contribution in [-0.4, -0.2) is 15.3 Å². The highest BCUT2D eigenvalue weighted by Gasteiger charge is 2.29. The van der Waals surface area contributed by atoms with Crippen LogP contribution in [0.25, 0.3) is 15.9 Å². The molecule has 0 amide bonds. The van der Waals surface area contributed by atoms with Gasteiger partial charge in [0.25, 0.3) is 5.56 Å². The van der Waals surface area contributed by atoms with Crippen LogP contribution in [-0.2, 0) is 0 Å². The Labute approximate surface area is 141 Å². The summed E-state index contributed by atoms with van der Waals surface area (Å²) < 4.78 is 1.64. The van der Waals surface area contributed by atoms with E-state index >= 15 is 0 Å². The van der Waals surface area contributed by atoms with Crippen molar-refractivity contribution >= 4 is 33.3 Å². The van der Waals surface area contributed by atoms with Gasteiger partial charge in [0.15, 0.2) is 5.16 Å². The Bertz CT molecular complexity index is 965. The van der Waals surface area contributed by atoms with E-state index in [2.05, 4.69) is 16.4 Å². The van der Waals surface area contributed by atoms with Crippen LogP contribution in [0.15, 0.2) is 45.7 Å². The average molecular weight is 339 g/mol. The van der Waals surface area contributed by atoms with Crippen molar-refractivity contribution < 1.29 is 0 Å². The molecule has 0 aliphatic heterocycles. The lowest BCUT2D eigenvalue weighted by molar-refractivity contribution is 0.822. The number of thiophene rings is 1. The first-order valence-electron chi connectivity index (χ1n) is 7.39. The van der Waals surface area contributed by atoms with Crippen molar-refractivity contribution in [1.82, 2.24) is 9.55 Å². The molecule has 6 heteroatoms. The molecule has 0 bridgehead atoms. The molecule has 4 rings (SSSR count). The normalized spacial score (nSPS) is 14.0. The van der Waals surface area contributed by atoms with Gasteiger partial charge in [-0.05, 0) is 41.8 Å². The monoisotopic (exact) mass is 339 g/mol. The molecule has 0 N–H and O–H groups in total. The molecule has 1 aliphatic carbocycles. The summed E-state index contributed by atoms with van der Waals surface area (Å²) in [6.07, 6.45) is 2.31. The van der Waals surface area contributed by atoms with E-state index in [1.54, 1.807) is 4.57 Å². The zero-order chi connectivity index (χ0) is 15.8. The molecule has 1 saturated carbocycles. The minimum Gasteiger partial charge on any atom is -0.268 e. The maximum atomic E-state index is 13.2. The number of hydrogen-bond donors (Lipinski definition) is 0. The fraction of sp³-hybridized carbons (Fsp3) is 0.235. The number of nitrogens with zero attached hydrogens (tertiary/aromatic N) is 3. The Morgan fingerprint density at radius 2 is 2.13 bits per heavy atom. The molecule has 3 aromatic rings. The lowest BCUT2D eigenvalue weighted by Gasteiger charge is -2.11. The van der Waals surface area contributed by atoms with Gasteiger partial charge in [0.1, 0.15) is 4.83 Å². The van der Waals surface area contributed by atoms with Crippen molar-refractivity contribution in [2.75, 3.05) is 5.75 Å². The first-order valence-corrected chi connectivity index (χ1v) is 9.25. The third-order valence-corrected chi connectivity index (χ3v) is 5.60. The molecule has 114 valence electrons. The van der Waals surface area contributed by atoms with E-state index in [0.29, 0.717) is 11.1 Å². The van der Waals surface area contributed by atoms with Gasteiger partial charge in [-0.3, -0.25) is 9.36 Å². The van der Waals surface area contributed by atoms with Crippen LogP contribution in [0, 0.1) is 11.3 Å². The smallest absolute Gasteiger partial charge is 0.267 e. The maximum absolute atomic E-state index is 13.2. The van der Waals surface area contributed by atoms with Gasteiger partial charge in [-0.25, -0.2) is 4.98 Å². The minimum absolute atomic E-state index is 0.0233. The number of benzene rings is 1. The molecule has 0 saturated heterocycles. The van der Waals surface area contributed by atoms with E-state index in [4.69, 9.17) is 5.26 Å². The van der Waals surface area contributed by atoms with E-state index in [9.17, 15) is 4.79 Å². The van der Waals surface area contributed by atoms with Crippen LogP contribution in [0.1, 0.15) is 24.3 Å². The molecule has 1 aromatic carbocycles. The van der Waals surface area contributed by atoms with Crippen LogP contribution in [0.2, 0.25) is 0 Å². The van der Waals surface area contributed by atoms with Crippen molar-refractivity contribution in [2.45, 2.75) is 23.9 Å². The third kappa shape index (κ3) is 2.56. The van der Waals surface area contributed by atoms with Crippen LogP contribution >= 0.6 is 23.1 Å². The summed E-state index contributed by atoms with van der Waals surface area (Å²) in [5.41, 5.74) is 1.91. The van der Waals surface area contributed by atoms with Gasteiger partial charge in [-0.15, -0.1) is 11.3 Å². The Morgan fingerprint density at radius 3 is 2.83 bits per heavy atom. The van der Waals surface area contributed by atoms with Gasteiger partial charge in [0.2, 0.25) is 0 Å². The van der Waals surface area contributed by atoms with E-state index in [1.807, 2.05) is 30.3 Å². The maximum Gasteiger partial charge on any atom is 0.267 e. The average Bonchev–Trinajstić information content (AvgIpc) is 3.33. The van der Waals surface area contributed by atoms with E-state index < -0.39 is 0 Å². The number of fused-ring (bicyclic) bond motifs is 1. The molecule has 2 aromatic heterocycles. The number of thioether (sulfide) groups is 1. The summed E-state index contributed by atoms with van der Waals surface area (Å²) >= 11 is 2.83. The van der Waals surface area contributed by atoms with Crippen molar-refractivity contribution in [1.29, 1.82) is 5.26 Å². The van der Waals surface area contributed by atoms with Crippen LogP contribution < -0.4 is 5.56 Å². The molecule has 1 aliphatic rings. The van der Waals surface area contributed by atoms with Gasteiger partial charge < -0.3 is 0 Å². The molecule has 0 atom stereocenters. The highest BCUT2D eigenvalue weighted by Crippen LogP contribution is 2.44. The number of rotatable bonds is 4. The number of para-hydroxylation sites is 1. The predicted octanol–water partition coefficient (Wildman–Crippen LogP) is 3.94. The first-order chi connectivity index (χ1) is 11.3. The van der Waals surface area contributed by atoms with Crippen LogP contribution in [0.5, 0.6) is 0 Å². The van der Waals surface area contributed by atoms with Crippen LogP contribution in [0.3, 0.4) is 0 Å². The molecule has 2 heterocycles. The Balaban J connectivity index is 2.00. The minimum atomic E-state index is -0.0233. The highest BCUT2D eigenvalue weighted by atomic mass is 32.2. The molecule has 23 heavy (non-hydrogen) atoms. The fourth-order valence-electron chi connectivity index (χ4n) is 2.69. The van der Waals surface area contributed by atoms with Crippen molar-refractivity contribution in [3.63, 3.8) is 0 Å². The summed E-state index contributed by atoms with van der Waals surface area (Å²) in [5.74, 6) is 0.783. The van der Waals surface area contributed by atoms with Gasteiger partial charge in [-0.1, -0.05) is 30.0 Å². The summed E-state index contributed by atoms with van der Waals surface area (Å²) in [5, 5.41) is 12.3. The molecule has 0 unspecified atom stereocenters. The largest absolute Gasteiger partial charge is 0.268 e. The Hall–Kier alpha value is -2.10. The molecule has 0 spiro atoms. The SMILES string of the molecule is N#CCSc1nc2scc(C3CC3)c2c(=O)n1-c1ccccc1. The zero-order valence-corrected chi connectivity index (χ0v) is 13.9. The molecule has 4 nitrogen and oxygen atoms in total. The van der Waals surface area contributed by atoms with Crippen molar-refractivity contribution in [2.24, 2.45) is 0 Å². The van der Waals surface area contributed by atoms with E-state index in [0.717, 1.165) is 34.3 Å². The Morgan fingerprint density at radius 1 is 1.35 bits per heavy atom. The van der Waals surface area contributed by atoms with E-state index in [-0.39, 0.29) is 11.3 Å². The van der Waals surface area contributed by atoms with Crippen LogP contribution in [0.4, 0.5) is 0 Å². The van der Waals surface area contributed by atoms with E-state index in [1.165, 1.54) is 23.1 Å². The van der Waals surface area contributed by atoms with Gasteiger partial charge in [0, 0.05) is 0 Å². The van der Waals surface area contributed by atoms with Gasteiger partial charge >= 0.3 is 0 Å². The topological polar surface area (TPSA) is 58.7 Å². The second-order valence-corrected chi connectivity index (χ2v) is 7.26. The lowest BCUT2D eigenvalue weighted by atomic mass is 10.1. The number of aromatic nitrogens is 2. The molecule has 1 fully saturated rings. The summed E-state index contributed by atoms with van der Waals surface area (Å²) in [6, 6.07) is 11.6. The second kappa shape index (κ2) is 5.84. The molecule has 0 radical (unpaired) electrons. The lowest BCUT2D eigenvalue weighted by Crippen LogP contribution is -2.21. The van der Waals surface area contributed by atoms with Crippen molar-refractivity contribution in [3.8, 4) is 11.8 Å². The van der Waals surface area contributed by atoms with Crippen molar-refractivity contribution in [3.05, 3.63) is 51.6 Å². The highest BCUT2D eigenvalue weighted by molar-refractivity contribution is 7.99.